The van der Waals surface area contributed by atoms with E-state index in [-0.39, 0.29) is 17.6 Å². The van der Waals surface area contributed by atoms with Crippen LogP contribution in [0.25, 0.3) is 0 Å². The molecule has 2 amide bonds. The summed E-state index contributed by atoms with van der Waals surface area (Å²) in [6.07, 6.45) is 1.05. The number of phenols is 1. The van der Waals surface area contributed by atoms with Gasteiger partial charge >= 0.3 is 0 Å². The lowest BCUT2D eigenvalue weighted by atomic mass is 10.1. The van der Waals surface area contributed by atoms with Gasteiger partial charge in [0.2, 0.25) is 5.91 Å². The van der Waals surface area contributed by atoms with Crippen molar-refractivity contribution in [3.05, 3.63) is 59.7 Å². The summed E-state index contributed by atoms with van der Waals surface area (Å²) in [5.41, 5.74) is 1.25. The second kappa shape index (κ2) is 9.26. The summed E-state index contributed by atoms with van der Waals surface area (Å²) >= 11 is 0. The van der Waals surface area contributed by atoms with Crippen molar-refractivity contribution in [3.8, 4) is 11.5 Å². The van der Waals surface area contributed by atoms with Gasteiger partial charge in [-0.1, -0.05) is 24.3 Å². The van der Waals surface area contributed by atoms with E-state index in [0.29, 0.717) is 51.2 Å². The Balaban J connectivity index is 1.57. The largest absolute Gasteiger partial charge is 0.507 e. The van der Waals surface area contributed by atoms with Crippen LogP contribution in [0.3, 0.4) is 0 Å². The third-order valence-corrected chi connectivity index (χ3v) is 4.86. The van der Waals surface area contributed by atoms with Crippen LogP contribution in [0.15, 0.2) is 48.5 Å². The van der Waals surface area contributed by atoms with Crippen molar-refractivity contribution in [2.24, 2.45) is 0 Å². The molecule has 1 aliphatic rings. The number of hydrogen-bond acceptors (Lipinski definition) is 4. The van der Waals surface area contributed by atoms with Crippen LogP contribution in [0.1, 0.15) is 29.3 Å². The highest BCUT2D eigenvalue weighted by Crippen LogP contribution is 2.19. The van der Waals surface area contributed by atoms with Gasteiger partial charge in [0, 0.05) is 26.2 Å². The van der Waals surface area contributed by atoms with E-state index in [2.05, 4.69) is 0 Å². The van der Waals surface area contributed by atoms with E-state index in [1.54, 1.807) is 23.1 Å². The van der Waals surface area contributed by atoms with Crippen LogP contribution in [0, 0.1) is 0 Å². The second-order valence-electron chi connectivity index (χ2n) is 6.80. The molecule has 0 atom stereocenters. The quantitative estimate of drug-likeness (QED) is 0.863. The first-order valence-electron chi connectivity index (χ1n) is 9.65. The van der Waals surface area contributed by atoms with E-state index < -0.39 is 0 Å². The Labute approximate surface area is 165 Å². The molecule has 2 aromatic carbocycles. The Morgan fingerprint density at radius 1 is 0.964 bits per heavy atom. The van der Waals surface area contributed by atoms with Crippen LogP contribution < -0.4 is 4.74 Å². The minimum absolute atomic E-state index is 0.0137. The molecule has 1 aliphatic heterocycles. The number of carbonyl (C=O) groups excluding carboxylic acids is 2. The van der Waals surface area contributed by atoms with E-state index in [1.165, 1.54) is 6.07 Å². The third kappa shape index (κ3) is 4.82. The Kier molecular flexibility index (Phi) is 6.53. The summed E-state index contributed by atoms with van der Waals surface area (Å²) in [7, 11) is 0. The molecular weight excluding hydrogens is 356 g/mol. The zero-order valence-electron chi connectivity index (χ0n) is 16.1. The highest BCUT2D eigenvalue weighted by molar-refractivity contribution is 5.96. The molecule has 1 N–H and O–H groups in total. The number of phenolic OH excluding ortho intramolecular Hbond substituents is 1. The van der Waals surface area contributed by atoms with E-state index in [9.17, 15) is 14.7 Å². The SMILES string of the molecule is CCOc1ccc(CC(=O)N2CCCN(C(=O)c3ccccc3O)CC2)cc1. The predicted octanol–water partition coefficient (Wildman–Crippen LogP) is 2.71. The highest BCUT2D eigenvalue weighted by atomic mass is 16.5. The first-order chi connectivity index (χ1) is 13.6. The molecule has 1 fully saturated rings. The molecule has 148 valence electrons. The van der Waals surface area contributed by atoms with Crippen molar-refractivity contribution < 1.29 is 19.4 Å². The van der Waals surface area contributed by atoms with Gasteiger partial charge in [-0.25, -0.2) is 0 Å². The Bertz CT molecular complexity index is 820. The molecule has 1 heterocycles. The normalized spacial score (nSPS) is 14.5. The van der Waals surface area contributed by atoms with Gasteiger partial charge in [-0.2, -0.15) is 0 Å². The lowest BCUT2D eigenvalue weighted by molar-refractivity contribution is -0.130. The van der Waals surface area contributed by atoms with Crippen molar-refractivity contribution >= 4 is 11.8 Å². The van der Waals surface area contributed by atoms with Crippen LogP contribution in [-0.2, 0) is 11.2 Å². The smallest absolute Gasteiger partial charge is 0.257 e. The molecule has 3 rings (SSSR count). The minimum Gasteiger partial charge on any atom is -0.507 e. The van der Waals surface area contributed by atoms with Crippen molar-refractivity contribution in [1.29, 1.82) is 0 Å². The van der Waals surface area contributed by atoms with Crippen LogP contribution in [0.5, 0.6) is 11.5 Å². The molecule has 28 heavy (non-hydrogen) atoms. The number of nitrogens with zero attached hydrogens (tertiary/aromatic N) is 2. The van der Waals surface area contributed by atoms with Gasteiger partial charge in [0.15, 0.2) is 0 Å². The molecule has 6 heteroatoms. The van der Waals surface area contributed by atoms with Crippen LogP contribution in [-0.4, -0.2) is 59.5 Å². The molecule has 6 nitrogen and oxygen atoms in total. The first-order valence-corrected chi connectivity index (χ1v) is 9.65. The highest BCUT2D eigenvalue weighted by Gasteiger charge is 2.24. The maximum absolute atomic E-state index is 12.7. The van der Waals surface area contributed by atoms with Crippen LogP contribution >= 0.6 is 0 Å². The Morgan fingerprint density at radius 3 is 2.36 bits per heavy atom. The maximum Gasteiger partial charge on any atom is 0.257 e. The van der Waals surface area contributed by atoms with Gasteiger partial charge in [0.1, 0.15) is 11.5 Å². The van der Waals surface area contributed by atoms with Gasteiger partial charge < -0.3 is 19.6 Å². The molecule has 0 bridgehead atoms. The first kappa shape index (κ1) is 19.7. The maximum atomic E-state index is 12.7. The summed E-state index contributed by atoms with van der Waals surface area (Å²) < 4.78 is 5.43. The van der Waals surface area contributed by atoms with Gasteiger partial charge in [0.05, 0.1) is 18.6 Å². The van der Waals surface area contributed by atoms with Crippen molar-refractivity contribution in [2.75, 3.05) is 32.8 Å². The average Bonchev–Trinajstić information content (AvgIpc) is 2.96. The van der Waals surface area contributed by atoms with Crippen molar-refractivity contribution in [3.63, 3.8) is 0 Å². The van der Waals surface area contributed by atoms with Crippen molar-refractivity contribution in [1.82, 2.24) is 9.80 Å². The second-order valence-corrected chi connectivity index (χ2v) is 6.80. The molecule has 1 saturated heterocycles. The number of benzene rings is 2. The van der Waals surface area contributed by atoms with Gasteiger partial charge in [-0.15, -0.1) is 0 Å². The van der Waals surface area contributed by atoms with E-state index in [4.69, 9.17) is 4.74 Å². The van der Waals surface area contributed by atoms with Crippen molar-refractivity contribution in [2.45, 2.75) is 19.8 Å². The fourth-order valence-corrected chi connectivity index (χ4v) is 3.35. The number of rotatable bonds is 5. The zero-order chi connectivity index (χ0) is 19.9. The summed E-state index contributed by atoms with van der Waals surface area (Å²) in [6.45, 7) is 4.70. The average molecular weight is 382 g/mol. The summed E-state index contributed by atoms with van der Waals surface area (Å²) in [6, 6.07) is 14.1. The molecule has 0 radical (unpaired) electrons. The topological polar surface area (TPSA) is 70.1 Å². The summed E-state index contributed by atoms with van der Waals surface area (Å²) in [4.78, 5) is 28.9. The van der Waals surface area contributed by atoms with E-state index in [1.807, 2.05) is 36.1 Å². The van der Waals surface area contributed by atoms with Gasteiger partial charge in [-0.05, 0) is 43.2 Å². The lowest BCUT2D eigenvalue weighted by Gasteiger charge is -2.22. The van der Waals surface area contributed by atoms with Gasteiger partial charge in [0.25, 0.3) is 5.91 Å². The van der Waals surface area contributed by atoms with E-state index >= 15 is 0 Å². The summed E-state index contributed by atoms with van der Waals surface area (Å²) in [5.74, 6) is 0.645. The minimum atomic E-state index is -0.195. The Morgan fingerprint density at radius 2 is 1.64 bits per heavy atom. The van der Waals surface area contributed by atoms with E-state index in [0.717, 1.165) is 11.3 Å². The van der Waals surface area contributed by atoms with Crippen LogP contribution in [0.4, 0.5) is 0 Å². The Hall–Kier alpha value is -3.02. The number of amides is 2. The number of hydrogen-bond donors (Lipinski definition) is 1. The monoisotopic (exact) mass is 382 g/mol. The molecule has 0 aromatic heterocycles. The molecule has 0 aliphatic carbocycles. The molecule has 2 aromatic rings. The predicted molar refractivity (Wildman–Crippen MR) is 107 cm³/mol. The number of aromatic hydroxyl groups is 1. The molecule has 0 spiro atoms. The molecule has 0 saturated carbocycles. The van der Waals surface area contributed by atoms with Crippen LogP contribution in [0.2, 0.25) is 0 Å². The lowest BCUT2D eigenvalue weighted by Crippen LogP contribution is -2.38. The molecule has 0 unspecified atom stereocenters. The fourth-order valence-electron chi connectivity index (χ4n) is 3.35. The number of para-hydroxylation sites is 1. The standard InChI is InChI=1S/C22H26N2O4/c1-2-28-18-10-8-17(9-11-18)16-21(26)23-12-5-13-24(15-14-23)22(27)19-6-3-4-7-20(19)25/h3-4,6-11,25H,2,5,12-16H2,1H3. The van der Waals surface area contributed by atoms with Gasteiger partial charge in [-0.3, -0.25) is 9.59 Å². The third-order valence-electron chi connectivity index (χ3n) is 4.86. The molecular formula is C22H26N2O4. The fraction of sp³-hybridized carbons (Fsp3) is 0.364. The number of carbonyl (C=O) groups is 2. The summed E-state index contributed by atoms with van der Waals surface area (Å²) in [5, 5.41) is 9.92. The number of ether oxygens (including phenoxy) is 1. The zero-order valence-corrected chi connectivity index (χ0v) is 16.1.